The third kappa shape index (κ3) is 2.45. The first-order valence-electron chi connectivity index (χ1n) is 4.99. The Morgan fingerprint density at radius 1 is 1.41 bits per heavy atom. The van der Waals surface area contributed by atoms with E-state index in [1.807, 2.05) is 13.8 Å². The Labute approximate surface area is 107 Å². The number of hydrogen-bond acceptors (Lipinski definition) is 6. The maximum absolute atomic E-state index is 12.1. The average molecular weight is 268 g/mol. The van der Waals surface area contributed by atoms with Crippen LogP contribution in [0.2, 0.25) is 0 Å². The first-order chi connectivity index (χ1) is 8.11. The Bertz CT molecular complexity index is 546. The number of anilines is 2. The van der Waals surface area contributed by atoms with Crippen molar-refractivity contribution in [2.24, 2.45) is 0 Å². The standard InChI is InChI=1S/C10H12N4OS2/c1-5-4-12-10(16-5)13-8(15)7-6(2)14-17-9(7)11-3/h4,11H,1-3H3,(H,12,13,15). The molecule has 5 nitrogen and oxygen atoms in total. The molecule has 0 fully saturated rings. The summed E-state index contributed by atoms with van der Waals surface area (Å²) in [5, 5.41) is 7.13. The lowest BCUT2D eigenvalue weighted by atomic mass is 10.2. The molecule has 0 aromatic carbocycles. The van der Waals surface area contributed by atoms with Crippen molar-refractivity contribution < 1.29 is 4.79 Å². The molecule has 0 unspecified atom stereocenters. The molecule has 17 heavy (non-hydrogen) atoms. The number of aryl methyl sites for hydroxylation is 2. The molecule has 2 aromatic heterocycles. The van der Waals surface area contributed by atoms with Gasteiger partial charge in [0.2, 0.25) is 0 Å². The van der Waals surface area contributed by atoms with Gasteiger partial charge in [-0.25, -0.2) is 4.98 Å². The minimum Gasteiger partial charge on any atom is -0.378 e. The third-order valence-corrected chi connectivity index (χ3v) is 3.94. The first-order valence-corrected chi connectivity index (χ1v) is 6.58. The molecule has 0 spiro atoms. The summed E-state index contributed by atoms with van der Waals surface area (Å²) in [6.07, 6.45) is 1.73. The summed E-state index contributed by atoms with van der Waals surface area (Å²) in [4.78, 5) is 17.2. The lowest BCUT2D eigenvalue weighted by molar-refractivity contribution is 0.102. The maximum Gasteiger partial charge on any atom is 0.262 e. The second-order valence-corrected chi connectivity index (χ2v) is 5.46. The Balaban J connectivity index is 2.22. The van der Waals surface area contributed by atoms with Gasteiger partial charge in [-0.2, -0.15) is 4.37 Å². The van der Waals surface area contributed by atoms with E-state index in [4.69, 9.17) is 0 Å². The van der Waals surface area contributed by atoms with E-state index in [2.05, 4.69) is 20.0 Å². The molecule has 90 valence electrons. The highest BCUT2D eigenvalue weighted by molar-refractivity contribution is 7.15. The number of rotatable bonds is 3. The smallest absolute Gasteiger partial charge is 0.262 e. The highest BCUT2D eigenvalue weighted by Gasteiger charge is 2.18. The molecule has 1 amide bonds. The van der Waals surface area contributed by atoms with Gasteiger partial charge in [0.05, 0.1) is 11.3 Å². The molecule has 0 atom stereocenters. The number of carbonyl (C=O) groups is 1. The molecule has 0 saturated carbocycles. The van der Waals surface area contributed by atoms with Crippen molar-refractivity contribution in [1.29, 1.82) is 0 Å². The zero-order chi connectivity index (χ0) is 12.4. The van der Waals surface area contributed by atoms with Crippen molar-refractivity contribution in [2.45, 2.75) is 13.8 Å². The second kappa shape index (κ2) is 4.80. The molecule has 2 heterocycles. The molecular formula is C10H12N4OS2. The molecule has 0 bridgehead atoms. The van der Waals surface area contributed by atoms with Crippen molar-refractivity contribution in [1.82, 2.24) is 9.36 Å². The second-order valence-electron chi connectivity index (χ2n) is 3.45. The van der Waals surface area contributed by atoms with E-state index in [1.54, 1.807) is 13.2 Å². The third-order valence-electron chi connectivity index (χ3n) is 2.16. The SMILES string of the molecule is CNc1snc(C)c1C(=O)Nc1ncc(C)s1. The zero-order valence-electron chi connectivity index (χ0n) is 9.70. The number of nitrogens with zero attached hydrogens (tertiary/aromatic N) is 2. The summed E-state index contributed by atoms with van der Waals surface area (Å²) in [6.45, 7) is 3.77. The van der Waals surface area contributed by atoms with E-state index in [-0.39, 0.29) is 5.91 Å². The molecule has 0 aliphatic rings. The summed E-state index contributed by atoms with van der Waals surface area (Å²) >= 11 is 2.73. The molecular weight excluding hydrogens is 256 g/mol. The lowest BCUT2D eigenvalue weighted by Gasteiger charge is -2.03. The van der Waals surface area contributed by atoms with Crippen LogP contribution < -0.4 is 10.6 Å². The van der Waals surface area contributed by atoms with Gasteiger partial charge < -0.3 is 5.32 Å². The molecule has 2 rings (SSSR count). The fourth-order valence-corrected chi connectivity index (χ4v) is 2.78. The zero-order valence-corrected chi connectivity index (χ0v) is 11.3. The predicted octanol–water partition coefficient (Wildman–Crippen LogP) is 2.51. The van der Waals surface area contributed by atoms with Crippen molar-refractivity contribution in [3.05, 3.63) is 22.3 Å². The summed E-state index contributed by atoms with van der Waals surface area (Å²) in [5.74, 6) is -0.171. The molecule has 7 heteroatoms. The average Bonchev–Trinajstić information content (AvgIpc) is 2.84. The summed E-state index contributed by atoms with van der Waals surface area (Å²) in [7, 11) is 1.78. The number of nitrogens with one attached hydrogen (secondary N) is 2. The van der Waals surface area contributed by atoms with E-state index in [1.165, 1.54) is 22.9 Å². The van der Waals surface area contributed by atoms with E-state index in [0.29, 0.717) is 10.7 Å². The molecule has 0 aliphatic heterocycles. The fraction of sp³-hybridized carbons (Fsp3) is 0.300. The fourth-order valence-electron chi connectivity index (χ4n) is 1.38. The van der Waals surface area contributed by atoms with Gasteiger partial charge in [0.25, 0.3) is 5.91 Å². The summed E-state index contributed by atoms with van der Waals surface area (Å²) in [6, 6.07) is 0. The molecule has 2 aromatic rings. The largest absolute Gasteiger partial charge is 0.378 e. The number of aromatic nitrogens is 2. The van der Waals surface area contributed by atoms with Gasteiger partial charge in [-0.1, -0.05) is 0 Å². The lowest BCUT2D eigenvalue weighted by Crippen LogP contribution is -2.13. The van der Waals surface area contributed by atoms with Gasteiger partial charge >= 0.3 is 0 Å². The Kier molecular flexibility index (Phi) is 3.39. The van der Waals surface area contributed by atoms with Crippen LogP contribution >= 0.6 is 22.9 Å². The molecule has 0 aliphatic carbocycles. The summed E-state index contributed by atoms with van der Waals surface area (Å²) in [5.41, 5.74) is 1.32. The van der Waals surface area contributed by atoms with Gasteiger partial charge in [-0.15, -0.1) is 11.3 Å². The van der Waals surface area contributed by atoms with Gasteiger partial charge in [0, 0.05) is 18.1 Å². The predicted molar refractivity (Wildman–Crippen MR) is 71.2 cm³/mol. The van der Waals surface area contributed by atoms with Gasteiger partial charge in [0.15, 0.2) is 5.13 Å². The Morgan fingerprint density at radius 2 is 2.18 bits per heavy atom. The van der Waals surface area contributed by atoms with Crippen LogP contribution in [-0.2, 0) is 0 Å². The number of amides is 1. The number of hydrogen-bond donors (Lipinski definition) is 2. The van der Waals surface area contributed by atoms with Crippen molar-refractivity contribution in [2.75, 3.05) is 17.7 Å². The van der Waals surface area contributed by atoms with Crippen LogP contribution in [-0.4, -0.2) is 22.3 Å². The van der Waals surface area contributed by atoms with E-state index >= 15 is 0 Å². The van der Waals surface area contributed by atoms with Gasteiger partial charge in [0.1, 0.15) is 5.00 Å². The first kappa shape index (κ1) is 12.0. The van der Waals surface area contributed by atoms with Gasteiger partial charge in [-0.3, -0.25) is 10.1 Å². The highest BCUT2D eigenvalue weighted by Crippen LogP contribution is 2.25. The monoisotopic (exact) mass is 268 g/mol. The quantitative estimate of drug-likeness (QED) is 0.897. The molecule has 0 radical (unpaired) electrons. The van der Waals surface area contributed by atoms with Crippen molar-refractivity contribution >= 4 is 38.9 Å². The van der Waals surface area contributed by atoms with Crippen molar-refractivity contribution in [3.63, 3.8) is 0 Å². The van der Waals surface area contributed by atoms with Crippen LogP contribution in [0.1, 0.15) is 20.9 Å². The molecule has 0 saturated heterocycles. The van der Waals surface area contributed by atoms with E-state index in [0.717, 1.165) is 15.6 Å². The minimum atomic E-state index is -0.171. The van der Waals surface area contributed by atoms with Crippen LogP contribution in [0.5, 0.6) is 0 Å². The van der Waals surface area contributed by atoms with E-state index in [9.17, 15) is 4.79 Å². The van der Waals surface area contributed by atoms with Crippen LogP contribution in [0.3, 0.4) is 0 Å². The van der Waals surface area contributed by atoms with Crippen LogP contribution in [0.25, 0.3) is 0 Å². The number of thiazole rings is 1. The van der Waals surface area contributed by atoms with Crippen LogP contribution in [0.4, 0.5) is 10.1 Å². The Morgan fingerprint density at radius 3 is 2.76 bits per heavy atom. The Hall–Kier alpha value is -1.47. The minimum absolute atomic E-state index is 0.171. The highest BCUT2D eigenvalue weighted by atomic mass is 32.1. The summed E-state index contributed by atoms with van der Waals surface area (Å²) < 4.78 is 4.16. The van der Waals surface area contributed by atoms with Crippen LogP contribution in [0.15, 0.2) is 6.20 Å². The van der Waals surface area contributed by atoms with Crippen LogP contribution in [0, 0.1) is 13.8 Å². The topological polar surface area (TPSA) is 66.9 Å². The van der Waals surface area contributed by atoms with E-state index < -0.39 is 0 Å². The van der Waals surface area contributed by atoms with Crippen molar-refractivity contribution in [3.8, 4) is 0 Å². The number of carbonyl (C=O) groups excluding carboxylic acids is 1. The maximum atomic E-state index is 12.1. The molecule has 2 N–H and O–H groups in total. The normalized spacial score (nSPS) is 10.3. The van der Waals surface area contributed by atoms with Gasteiger partial charge in [-0.05, 0) is 25.4 Å².